The molecule has 0 radical (unpaired) electrons. The number of nitrogens with one attached hydrogen (secondary N) is 2. The third-order valence-electron chi connectivity index (χ3n) is 2.64. The number of benzene rings is 1. The minimum atomic E-state index is -0.408. The van der Waals surface area contributed by atoms with Gasteiger partial charge in [-0.3, -0.25) is 4.79 Å². The number of aliphatic hydroxyl groups is 1. The van der Waals surface area contributed by atoms with Crippen LogP contribution >= 0.6 is 0 Å². The number of hydrogen-bond acceptors (Lipinski definition) is 5. The van der Waals surface area contributed by atoms with E-state index in [4.69, 9.17) is 5.11 Å². The van der Waals surface area contributed by atoms with E-state index >= 15 is 0 Å². The first-order chi connectivity index (χ1) is 10.2. The zero-order valence-corrected chi connectivity index (χ0v) is 11.2. The second-order valence-electron chi connectivity index (χ2n) is 4.25. The third kappa shape index (κ3) is 4.50. The normalized spacial score (nSPS) is 10.2. The summed E-state index contributed by atoms with van der Waals surface area (Å²) in [6, 6.07) is 6.97. The molecule has 1 heterocycles. The fourth-order valence-corrected chi connectivity index (χ4v) is 1.60. The van der Waals surface area contributed by atoms with E-state index in [-0.39, 0.29) is 18.1 Å². The van der Waals surface area contributed by atoms with Crippen molar-refractivity contribution >= 4 is 17.4 Å². The van der Waals surface area contributed by atoms with E-state index in [0.717, 1.165) is 0 Å². The predicted octanol–water partition coefficient (Wildman–Crippen LogP) is 1.66. The Labute approximate surface area is 121 Å². The zero-order chi connectivity index (χ0) is 15.1. The van der Waals surface area contributed by atoms with E-state index in [2.05, 4.69) is 20.6 Å². The Morgan fingerprint density at radius 2 is 2.00 bits per heavy atom. The maximum absolute atomic E-state index is 12.8. The van der Waals surface area contributed by atoms with Crippen LogP contribution in [-0.2, 0) is 0 Å². The third-order valence-corrected chi connectivity index (χ3v) is 2.64. The summed E-state index contributed by atoms with van der Waals surface area (Å²) in [7, 11) is 0. The van der Waals surface area contributed by atoms with E-state index < -0.39 is 5.91 Å². The number of anilines is 2. The van der Waals surface area contributed by atoms with Crippen molar-refractivity contribution in [3.8, 4) is 0 Å². The lowest BCUT2D eigenvalue weighted by molar-refractivity contribution is 0.102. The standard InChI is InChI=1S/C14H15FN4O2/c15-10-2-4-11(5-3-10)19-14(21)12-8-13(18-9-17-12)16-6-1-7-20/h2-5,8-9,20H,1,6-7H2,(H,19,21)(H,16,17,18). The van der Waals surface area contributed by atoms with Crippen LogP contribution in [0.25, 0.3) is 0 Å². The summed E-state index contributed by atoms with van der Waals surface area (Å²) in [5.74, 6) is -0.276. The van der Waals surface area contributed by atoms with Gasteiger partial charge in [0.2, 0.25) is 0 Å². The lowest BCUT2D eigenvalue weighted by Crippen LogP contribution is -2.15. The Kier molecular flexibility index (Phi) is 5.16. The van der Waals surface area contributed by atoms with Gasteiger partial charge in [-0.2, -0.15) is 0 Å². The molecular formula is C14H15FN4O2. The molecule has 3 N–H and O–H groups in total. The maximum atomic E-state index is 12.8. The quantitative estimate of drug-likeness (QED) is 0.704. The lowest BCUT2D eigenvalue weighted by Gasteiger charge is -2.07. The maximum Gasteiger partial charge on any atom is 0.274 e. The van der Waals surface area contributed by atoms with Crippen molar-refractivity contribution in [2.24, 2.45) is 0 Å². The van der Waals surface area contributed by atoms with Crippen LogP contribution in [0.1, 0.15) is 16.9 Å². The summed E-state index contributed by atoms with van der Waals surface area (Å²) in [6.07, 6.45) is 1.86. The van der Waals surface area contributed by atoms with Crippen molar-refractivity contribution in [1.82, 2.24) is 9.97 Å². The molecule has 110 valence electrons. The highest BCUT2D eigenvalue weighted by molar-refractivity contribution is 6.03. The molecule has 21 heavy (non-hydrogen) atoms. The Bertz CT molecular complexity index is 604. The Morgan fingerprint density at radius 3 is 2.71 bits per heavy atom. The Morgan fingerprint density at radius 1 is 1.24 bits per heavy atom. The smallest absolute Gasteiger partial charge is 0.274 e. The number of rotatable bonds is 6. The SMILES string of the molecule is O=C(Nc1ccc(F)cc1)c1cc(NCCCO)ncn1. The van der Waals surface area contributed by atoms with Crippen molar-refractivity contribution in [1.29, 1.82) is 0 Å². The minimum Gasteiger partial charge on any atom is -0.396 e. The van der Waals surface area contributed by atoms with E-state index in [9.17, 15) is 9.18 Å². The molecule has 7 heteroatoms. The molecule has 1 aromatic heterocycles. The van der Waals surface area contributed by atoms with Crippen LogP contribution in [0.5, 0.6) is 0 Å². The molecule has 0 spiro atoms. The van der Waals surface area contributed by atoms with Crippen LogP contribution in [0.2, 0.25) is 0 Å². The molecule has 0 bridgehead atoms. The number of amides is 1. The highest BCUT2D eigenvalue weighted by Crippen LogP contribution is 2.11. The highest BCUT2D eigenvalue weighted by atomic mass is 19.1. The van der Waals surface area contributed by atoms with Gasteiger partial charge in [0.1, 0.15) is 23.7 Å². The van der Waals surface area contributed by atoms with Crippen molar-refractivity contribution < 1.29 is 14.3 Å². The topological polar surface area (TPSA) is 87.1 Å². The van der Waals surface area contributed by atoms with Crippen molar-refractivity contribution in [2.45, 2.75) is 6.42 Å². The first kappa shape index (κ1) is 14.9. The molecule has 0 aliphatic carbocycles. The van der Waals surface area contributed by atoms with E-state index in [1.807, 2.05) is 0 Å². The summed E-state index contributed by atoms with van der Waals surface area (Å²) < 4.78 is 12.8. The van der Waals surface area contributed by atoms with Gasteiger partial charge in [-0.05, 0) is 30.7 Å². The first-order valence-corrected chi connectivity index (χ1v) is 6.43. The molecule has 2 aromatic rings. The highest BCUT2D eigenvalue weighted by Gasteiger charge is 2.09. The average Bonchev–Trinajstić information content (AvgIpc) is 2.50. The average molecular weight is 290 g/mol. The number of hydrogen-bond donors (Lipinski definition) is 3. The molecule has 2 rings (SSSR count). The first-order valence-electron chi connectivity index (χ1n) is 6.43. The van der Waals surface area contributed by atoms with Gasteiger partial charge in [-0.1, -0.05) is 0 Å². The molecule has 0 atom stereocenters. The molecule has 1 amide bonds. The number of nitrogens with zero attached hydrogens (tertiary/aromatic N) is 2. The zero-order valence-electron chi connectivity index (χ0n) is 11.2. The van der Waals surface area contributed by atoms with Crippen LogP contribution in [0.3, 0.4) is 0 Å². The van der Waals surface area contributed by atoms with Gasteiger partial charge in [0.05, 0.1) is 0 Å². The van der Waals surface area contributed by atoms with Gasteiger partial charge in [0, 0.05) is 24.9 Å². The lowest BCUT2D eigenvalue weighted by atomic mass is 10.3. The van der Waals surface area contributed by atoms with E-state index in [0.29, 0.717) is 24.5 Å². The molecule has 1 aromatic carbocycles. The van der Waals surface area contributed by atoms with Crippen LogP contribution in [-0.4, -0.2) is 34.1 Å². The summed E-state index contributed by atoms with van der Waals surface area (Å²) in [4.78, 5) is 19.9. The van der Waals surface area contributed by atoms with Crippen LogP contribution in [0.4, 0.5) is 15.9 Å². The van der Waals surface area contributed by atoms with Crippen molar-refractivity contribution in [2.75, 3.05) is 23.8 Å². The van der Waals surface area contributed by atoms with Gasteiger partial charge >= 0.3 is 0 Å². The number of halogens is 1. The molecule has 0 saturated heterocycles. The minimum absolute atomic E-state index is 0.0794. The predicted molar refractivity (Wildman–Crippen MR) is 76.6 cm³/mol. The van der Waals surface area contributed by atoms with E-state index in [1.54, 1.807) is 0 Å². The Hall–Kier alpha value is -2.54. The summed E-state index contributed by atoms with van der Waals surface area (Å²) in [5, 5.41) is 14.3. The summed E-state index contributed by atoms with van der Waals surface area (Å²) >= 11 is 0. The molecule has 0 aliphatic heterocycles. The van der Waals surface area contributed by atoms with Crippen LogP contribution in [0, 0.1) is 5.82 Å². The van der Waals surface area contributed by atoms with Crippen molar-refractivity contribution in [3.63, 3.8) is 0 Å². The van der Waals surface area contributed by atoms with Gasteiger partial charge in [0.25, 0.3) is 5.91 Å². The van der Waals surface area contributed by atoms with Gasteiger partial charge < -0.3 is 15.7 Å². The molecule has 0 aliphatic rings. The molecular weight excluding hydrogens is 275 g/mol. The summed E-state index contributed by atoms with van der Waals surface area (Å²) in [6.45, 7) is 0.628. The monoisotopic (exact) mass is 290 g/mol. The number of aromatic nitrogens is 2. The van der Waals surface area contributed by atoms with Crippen LogP contribution in [0.15, 0.2) is 36.7 Å². The second kappa shape index (κ2) is 7.30. The second-order valence-corrected chi connectivity index (χ2v) is 4.25. The molecule has 0 saturated carbocycles. The number of carbonyl (C=O) groups is 1. The summed E-state index contributed by atoms with van der Waals surface area (Å²) in [5.41, 5.74) is 0.677. The van der Waals surface area contributed by atoms with Gasteiger partial charge in [-0.15, -0.1) is 0 Å². The molecule has 0 fully saturated rings. The van der Waals surface area contributed by atoms with Gasteiger partial charge in [-0.25, -0.2) is 14.4 Å². The molecule has 6 nitrogen and oxygen atoms in total. The number of aliphatic hydroxyl groups excluding tert-OH is 1. The van der Waals surface area contributed by atoms with E-state index in [1.165, 1.54) is 36.7 Å². The number of carbonyl (C=O) groups excluding carboxylic acids is 1. The van der Waals surface area contributed by atoms with Gasteiger partial charge in [0.15, 0.2) is 0 Å². The van der Waals surface area contributed by atoms with Crippen molar-refractivity contribution in [3.05, 3.63) is 48.2 Å². The fourth-order valence-electron chi connectivity index (χ4n) is 1.60. The van der Waals surface area contributed by atoms with Crippen LogP contribution < -0.4 is 10.6 Å². The Balaban J connectivity index is 2.01. The fraction of sp³-hybridized carbons (Fsp3) is 0.214. The largest absolute Gasteiger partial charge is 0.396 e. The molecule has 0 unspecified atom stereocenters.